The highest BCUT2D eigenvalue weighted by atomic mass is 32.3. The van der Waals surface area contributed by atoms with Crippen molar-refractivity contribution in [2.75, 3.05) is 56.5 Å². The topological polar surface area (TPSA) is 168 Å². The van der Waals surface area contributed by atoms with Gasteiger partial charge in [-0.05, 0) is 24.3 Å². The summed E-state index contributed by atoms with van der Waals surface area (Å²) in [4.78, 5) is 12.0. The Labute approximate surface area is 212 Å². The molecular weight excluding hydrogens is 520 g/mol. The van der Waals surface area contributed by atoms with Gasteiger partial charge in [-0.2, -0.15) is 0 Å². The van der Waals surface area contributed by atoms with E-state index in [1.807, 2.05) is 78.7 Å². The van der Waals surface area contributed by atoms with Gasteiger partial charge in [-0.3, -0.25) is 17.3 Å². The second-order valence-corrected chi connectivity index (χ2v) is 10.9. The SMILES string of the molecule is COS(=O)(=O)[O-].COS(=O)(=O)[O-].C[N+](C)(C)c1cccc(OC(=O)Oc2cccc([N+](C)(C)C)c2)c1. The van der Waals surface area contributed by atoms with Gasteiger partial charge in [0.1, 0.15) is 22.9 Å². The van der Waals surface area contributed by atoms with Crippen LogP contribution in [-0.4, -0.2) is 88.6 Å². The van der Waals surface area contributed by atoms with Crippen LogP contribution in [0.15, 0.2) is 48.5 Å². The van der Waals surface area contributed by atoms with Crippen molar-refractivity contribution in [1.29, 1.82) is 0 Å². The van der Waals surface area contributed by atoms with Gasteiger partial charge in [-0.25, -0.2) is 21.6 Å². The predicted octanol–water partition coefficient (Wildman–Crippen LogP) is 1.84. The molecule has 204 valence electrons. The number of rotatable bonds is 6. The molecule has 0 aliphatic rings. The van der Waals surface area contributed by atoms with Gasteiger partial charge < -0.3 is 18.6 Å². The molecule has 0 unspecified atom stereocenters. The Morgan fingerprint density at radius 1 is 0.667 bits per heavy atom. The van der Waals surface area contributed by atoms with Crippen molar-refractivity contribution in [2.45, 2.75) is 0 Å². The standard InChI is InChI=1S/C19H26N2O3.2CH4O4S/c1-20(2,3)15-9-7-11-17(13-15)23-19(22)24-18-12-8-10-16(14-18)21(4,5)6;2*1-5-6(2,3)4/h7-14H,1-6H3;2*1H3,(H,2,3,4)/q+2;;/p-2. The van der Waals surface area contributed by atoms with E-state index >= 15 is 0 Å². The van der Waals surface area contributed by atoms with Crippen molar-refractivity contribution in [3.05, 3.63) is 48.5 Å². The molecule has 0 aromatic heterocycles. The first-order chi connectivity index (χ1) is 16.2. The first kappa shape index (κ1) is 33.4. The molecule has 0 aliphatic heterocycles. The molecule has 0 saturated carbocycles. The maximum atomic E-state index is 12.0. The fraction of sp³-hybridized carbons (Fsp3) is 0.381. The molecular formula is C21H32N2O11S2. The fourth-order valence-corrected chi connectivity index (χ4v) is 2.14. The number of nitrogens with zero attached hydrogens (tertiary/aromatic N) is 2. The van der Waals surface area contributed by atoms with E-state index in [9.17, 15) is 30.7 Å². The Morgan fingerprint density at radius 2 is 0.944 bits per heavy atom. The molecule has 0 N–H and O–H groups in total. The van der Waals surface area contributed by atoms with Crippen molar-refractivity contribution in [2.24, 2.45) is 0 Å². The molecule has 13 nitrogen and oxygen atoms in total. The summed E-state index contributed by atoms with van der Waals surface area (Å²) in [5, 5.41) is 0. The zero-order valence-corrected chi connectivity index (χ0v) is 23.0. The normalized spacial score (nSPS) is 11.8. The maximum absolute atomic E-state index is 12.0. The lowest BCUT2D eigenvalue weighted by molar-refractivity contribution is 0.151. The van der Waals surface area contributed by atoms with E-state index in [4.69, 9.17) is 9.47 Å². The zero-order valence-electron chi connectivity index (χ0n) is 21.3. The van der Waals surface area contributed by atoms with E-state index in [1.165, 1.54) is 0 Å². The molecule has 0 aliphatic carbocycles. The Hall–Kier alpha value is -2.63. The van der Waals surface area contributed by atoms with Crippen LogP contribution in [0.1, 0.15) is 0 Å². The minimum Gasteiger partial charge on any atom is -0.726 e. The average molecular weight is 553 g/mol. The van der Waals surface area contributed by atoms with Crippen LogP contribution in [0.25, 0.3) is 0 Å². The predicted molar refractivity (Wildman–Crippen MR) is 132 cm³/mol. The molecule has 0 saturated heterocycles. The van der Waals surface area contributed by atoms with Crippen LogP contribution in [0.3, 0.4) is 0 Å². The van der Waals surface area contributed by atoms with Crippen LogP contribution in [0, 0.1) is 0 Å². The van der Waals surface area contributed by atoms with Crippen molar-refractivity contribution >= 4 is 38.3 Å². The molecule has 0 spiro atoms. The van der Waals surface area contributed by atoms with E-state index in [2.05, 4.69) is 8.37 Å². The summed E-state index contributed by atoms with van der Waals surface area (Å²) in [6.45, 7) is 0. The largest absolute Gasteiger partial charge is 0.726 e. The average Bonchev–Trinajstić information content (AvgIpc) is 2.73. The molecule has 0 atom stereocenters. The lowest BCUT2D eigenvalue weighted by Crippen LogP contribution is -2.34. The van der Waals surface area contributed by atoms with Gasteiger partial charge in [0.25, 0.3) is 0 Å². The Morgan fingerprint density at radius 3 is 1.17 bits per heavy atom. The number of quaternary nitrogens is 2. The third-order valence-corrected chi connectivity index (χ3v) is 4.81. The van der Waals surface area contributed by atoms with Gasteiger partial charge in [-0.1, -0.05) is 12.1 Å². The monoisotopic (exact) mass is 552 g/mol. The number of hydrogen-bond donors (Lipinski definition) is 0. The molecule has 0 radical (unpaired) electrons. The number of hydrogen-bond acceptors (Lipinski definition) is 11. The van der Waals surface area contributed by atoms with Gasteiger partial charge in [0.15, 0.2) is 0 Å². The van der Waals surface area contributed by atoms with Gasteiger partial charge in [0, 0.05) is 12.1 Å². The molecule has 2 aromatic carbocycles. The van der Waals surface area contributed by atoms with Gasteiger partial charge in [0.05, 0.1) is 56.5 Å². The molecule has 0 fully saturated rings. The molecule has 0 heterocycles. The van der Waals surface area contributed by atoms with Crippen LogP contribution in [-0.2, 0) is 29.2 Å². The van der Waals surface area contributed by atoms with Gasteiger partial charge >= 0.3 is 6.16 Å². The highest BCUT2D eigenvalue weighted by molar-refractivity contribution is 7.81. The van der Waals surface area contributed by atoms with Crippen LogP contribution in [0.4, 0.5) is 16.2 Å². The van der Waals surface area contributed by atoms with E-state index in [-0.39, 0.29) is 0 Å². The second-order valence-electron chi connectivity index (χ2n) is 8.62. The summed E-state index contributed by atoms with van der Waals surface area (Å²) in [6, 6.07) is 14.9. The lowest BCUT2D eigenvalue weighted by Gasteiger charge is -2.23. The molecule has 2 rings (SSSR count). The number of benzene rings is 2. The van der Waals surface area contributed by atoms with E-state index < -0.39 is 27.0 Å². The lowest BCUT2D eigenvalue weighted by atomic mass is 10.2. The number of ether oxygens (including phenoxy) is 2. The molecule has 0 amide bonds. The van der Waals surface area contributed by atoms with E-state index in [1.54, 1.807) is 12.1 Å². The molecule has 0 bridgehead atoms. The van der Waals surface area contributed by atoms with E-state index in [0.29, 0.717) is 20.5 Å². The minimum absolute atomic E-state index is 0.466. The second kappa shape index (κ2) is 13.6. The third kappa shape index (κ3) is 15.4. The van der Waals surface area contributed by atoms with Crippen molar-refractivity contribution in [3.63, 3.8) is 0 Å². The highest BCUT2D eigenvalue weighted by Gasteiger charge is 2.17. The summed E-state index contributed by atoms with van der Waals surface area (Å²) in [5.41, 5.74) is 2.07. The highest BCUT2D eigenvalue weighted by Crippen LogP contribution is 2.25. The Bertz CT molecular complexity index is 1110. The third-order valence-electron chi connectivity index (χ3n) is 4.00. The Kier molecular flexibility index (Phi) is 12.6. The number of carbonyl (C=O) groups excluding carboxylic acids is 1. The first-order valence-electron chi connectivity index (χ1n) is 9.94. The van der Waals surface area contributed by atoms with Crippen LogP contribution in [0.2, 0.25) is 0 Å². The zero-order chi connectivity index (χ0) is 28.4. The summed E-state index contributed by atoms with van der Waals surface area (Å²) >= 11 is 0. The summed E-state index contributed by atoms with van der Waals surface area (Å²) in [5.74, 6) is 0.932. The van der Waals surface area contributed by atoms with E-state index in [0.717, 1.165) is 25.6 Å². The Balaban J connectivity index is 0.000000846. The quantitative estimate of drug-likeness (QED) is 0.168. The van der Waals surface area contributed by atoms with Gasteiger partial charge in [0.2, 0.25) is 20.8 Å². The van der Waals surface area contributed by atoms with Crippen molar-refractivity contribution < 1.29 is 48.6 Å². The van der Waals surface area contributed by atoms with Crippen molar-refractivity contribution in [3.8, 4) is 11.5 Å². The molecule has 2 aromatic rings. The molecule has 15 heteroatoms. The fourth-order valence-electron chi connectivity index (χ4n) is 2.14. The first-order valence-corrected chi connectivity index (χ1v) is 12.6. The summed E-state index contributed by atoms with van der Waals surface area (Å²) in [6.07, 6.45) is -0.743. The van der Waals surface area contributed by atoms with Gasteiger partial charge in [-0.15, -0.1) is 0 Å². The smallest absolute Gasteiger partial charge is 0.519 e. The summed E-state index contributed by atoms with van der Waals surface area (Å²) < 4.78 is 73.9. The molecule has 36 heavy (non-hydrogen) atoms. The van der Waals surface area contributed by atoms with Crippen LogP contribution in [0.5, 0.6) is 11.5 Å². The minimum atomic E-state index is -4.41. The number of carbonyl (C=O) groups is 1. The van der Waals surface area contributed by atoms with Crippen molar-refractivity contribution in [1.82, 2.24) is 8.97 Å². The van der Waals surface area contributed by atoms with Crippen LogP contribution >= 0.6 is 0 Å². The van der Waals surface area contributed by atoms with Crippen LogP contribution < -0.4 is 18.4 Å². The maximum Gasteiger partial charge on any atom is 0.519 e. The summed E-state index contributed by atoms with van der Waals surface area (Å²) in [7, 11) is 5.09.